The van der Waals surface area contributed by atoms with Gasteiger partial charge < -0.3 is 15.0 Å². The van der Waals surface area contributed by atoms with Crippen molar-refractivity contribution in [3.63, 3.8) is 0 Å². The number of fused-ring (bicyclic) bond motifs is 3. The maximum absolute atomic E-state index is 14.1. The van der Waals surface area contributed by atoms with E-state index in [1.165, 1.54) is 18.2 Å². The van der Waals surface area contributed by atoms with Crippen LogP contribution in [-0.2, 0) is 0 Å². The average Bonchev–Trinajstić information content (AvgIpc) is 3.13. The van der Waals surface area contributed by atoms with Crippen molar-refractivity contribution in [3.8, 4) is 0 Å². The van der Waals surface area contributed by atoms with Crippen LogP contribution in [0.15, 0.2) is 42.5 Å². The molecule has 2 fully saturated rings. The van der Waals surface area contributed by atoms with Crippen molar-refractivity contribution in [2.45, 2.75) is 37.6 Å². The first-order chi connectivity index (χ1) is 16.0. The van der Waals surface area contributed by atoms with Crippen molar-refractivity contribution in [2.24, 2.45) is 0 Å². The van der Waals surface area contributed by atoms with Crippen LogP contribution in [0.2, 0.25) is 0 Å². The lowest BCUT2D eigenvalue weighted by atomic mass is 9.89. The normalized spacial score (nSPS) is 25.3. The molecule has 5 rings (SSSR count). The van der Waals surface area contributed by atoms with Crippen LogP contribution in [0.1, 0.15) is 37.2 Å². The van der Waals surface area contributed by atoms with Crippen molar-refractivity contribution in [2.75, 3.05) is 44.2 Å². The van der Waals surface area contributed by atoms with Crippen LogP contribution in [-0.4, -0.2) is 61.1 Å². The van der Waals surface area contributed by atoms with E-state index in [9.17, 15) is 18.8 Å². The molecule has 0 radical (unpaired) electrons. The van der Waals surface area contributed by atoms with Crippen LogP contribution in [0.25, 0.3) is 0 Å². The molecule has 3 aliphatic rings. The summed E-state index contributed by atoms with van der Waals surface area (Å²) in [6, 6.07) is 11.4. The first-order valence-corrected chi connectivity index (χ1v) is 11.9. The summed E-state index contributed by atoms with van der Waals surface area (Å²) in [4.78, 5) is 18.3. The molecule has 176 valence electrons. The third-order valence-electron chi connectivity index (χ3n) is 7.26. The van der Waals surface area contributed by atoms with E-state index in [0.29, 0.717) is 19.6 Å². The number of hydrogen-bond donors (Lipinski definition) is 1. The highest BCUT2D eigenvalue weighted by atomic mass is 19.1. The van der Waals surface area contributed by atoms with Gasteiger partial charge in [-0.25, -0.2) is 13.6 Å². The fourth-order valence-electron chi connectivity index (χ4n) is 5.64. The number of hydrogen-bond acceptors (Lipinski definition) is 4. The second-order valence-electron chi connectivity index (χ2n) is 9.34. The molecule has 0 aliphatic carbocycles. The Hall–Kier alpha value is -2.55. The zero-order chi connectivity index (χ0) is 22.9. The number of likely N-dealkylation sites (tertiary alicyclic amines) is 1. The van der Waals surface area contributed by atoms with Gasteiger partial charge in [-0.1, -0.05) is 0 Å². The maximum Gasteiger partial charge on any atom is 0.417 e. The molecule has 3 heterocycles. The van der Waals surface area contributed by atoms with E-state index < -0.39 is 0 Å². The number of amides is 2. The SMILES string of the molecule is O=C1N(CCCCN2CCC3C(C2)c2cc(F)ccc2N3c2ccc(F)cc2)CCC[NH+]1[O-]. The number of rotatable bonds is 6. The third-order valence-corrected chi connectivity index (χ3v) is 7.26. The summed E-state index contributed by atoms with van der Waals surface area (Å²) in [5.74, 6) is -0.304. The number of piperidine rings is 1. The lowest BCUT2D eigenvalue weighted by molar-refractivity contribution is -0.768. The van der Waals surface area contributed by atoms with Crippen molar-refractivity contribution >= 4 is 17.4 Å². The summed E-state index contributed by atoms with van der Waals surface area (Å²) in [6.07, 6.45) is 3.53. The Kier molecular flexibility index (Phi) is 6.32. The predicted molar refractivity (Wildman–Crippen MR) is 123 cm³/mol. The molecular formula is C25H30F2N4O2. The van der Waals surface area contributed by atoms with Gasteiger partial charge in [0.2, 0.25) is 0 Å². The number of anilines is 2. The molecule has 33 heavy (non-hydrogen) atoms. The van der Waals surface area contributed by atoms with Gasteiger partial charge in [0.05, 0.1) is 6.54 Å². The molecule has 3 unspecified atom stereocenters. The van der Waals surface area contributed by atoms with Gasteiger partial charge in [0.25, 0.3) is 0 Å². The molecule has 2 saturated heterocycles. The number of urea groups is 1. The molecule has 6 nitrogen and oxygen atoms in total. The molecule has 3 atom stereocenters. The van der Waals surface area contributed by atoms with E-state index in [4.69, 9.17) is 0 Å². The lowest BCUT2D eigenvalue weighted by Gasteiger charge is -2.39. The van der Waals surface area contributed by atoms with Crippen molar-refractivity contribution in [1.82, 2.24) is 9.80 Å². The highest BCUT2D eigenvalue weighted by Crippen LogP contribution is 2.48. The number of carbonyl (C=O) groups excluding carboxylic acids is 1. The summed E-state index contributed by atoms with van der Waals surface area (Å²) in [5, 5.41) is 11.3. The predicted octanol–water partition coefficient (Wildman–Crippen LogP) is 3.26. The number of nitrogens with zero attached hydrogens (tertiary/aromatic N) is 3. The highest BCUT2D eigenvalue weighted by Gasteiger charge is 2.42. The van der Waals surface area contributed by atoms with Crippen molar-refractivity contribution < 1.29 is 18.6 Å². The summed E-state index contributed by atoms with van der Waals surface area (Å²) < 4.78 is 27.6. The number of quaternary nitrogens is 1. The lowest BCUT2D eigenvalue weighted by Crippen LogP contribution is -3.13. The Labute approximate surface area is 192 Å². The number of hydroxylamine groups is 2. The van der Waals surface area contributed by atoms with Gasteiger partial charge in [0, 0.05) is 55.9 Å². The van der Waals surface area contributed by atoms with E-state index in [1.807, 2.05) is 6.07 Å². The maximum atomic E-state index is 14.1. The van der Waals surface area contributed by atoms with E-state index in [-0.39, 0.29) is 34.7 Å². The monoisotopic (exact) mass is 456 g/mol. The van der Waals surface area contributed by atoms with Gasteiger partial charge >= 0.3 is 6.03 Å². The zero-order valence-corrected chi connectivity index (χ0v) is 18.7. The molecule has 0 bridgehead atoms. The van der Waals surface area contributed by atoms with Gasteiger partial charge in [0.1, 0.15) is 11.6 Å². The van der Waals surface area contributed by atoms with Crippen LogP contribution in [0.4, 0.5) is 25.0 Å². The quantitative estimate of drug-likeness (QED) is 0.536. The van der Waals surface area contributed by atoms with Gasteiger partial charge in [-0.3, -0.25) is 9.96 Å². The number of carbonyl (C=O) groups is 1. The first kappa shape index (κ1) is 22.3. The fourth-order valence-corrected chi connectivity index (χ4v) is 5.64. The van der Waals surface area contributed by atoms with E-state index in [2.05, 4.69) is 9.80 Å². The average molecular weight is 457 g/mol. The fraction of sp³-hybridized carbons (Fsp3) is 0.480. The standard InChI is InChI=1S/C25H30F2N4O2/c26-18-4-7-20(8-5-18)31-23-9-6-19(27)16-21(23)22-17-28(15-10-24(22)31)11-1-2-12-29-13-3-14-30(33)25(29)32/h4-9,16,22,24,30H,1-3,10-15,17H2. The van der Waals surface area contributed by atoms with Crippen LogP contribution >= 0.6 is 0 Å². The Bertz CT molecular complexity index is 1000. The minimum absolute atomic E-state index is 0.191. The van der Waals surface area contributed by atoms with Crippen LogP contribution in [0.5, 0.6) is 0 Å². The molecule has 0 aromatic heterocycles. The summed E-state index contributed by atoms with van der Waals surface area (Å²) >= 11 is 0. The number of nitrogens with one attached hydrogen (secondary N) is 1. The van der Waals surface area contributed by atoms with E-state index >= 15 is 0 Å². The van der Waals surface area contributed by atoms with Crippen molar-refractivity contribution in [1.29, 1.82) is 0 Å². The summed E-state index contributed by atoms with van der Waals surface area (Å²) in [5.41, 5.74) is 2.96. The molecule has 0 saturated carbocycles. The second-order valence-corrected chi connectivity index (χ2v) is 9.34. The highest BCUT2D eigenvalue weighted by molar-refractivity contribution is 5.73. The molecular weight excluding hydrogens is 426 g/mol. The Morgan fingerprint density at radius 3 is 2.58 bits per heavy atom. The topological polar surface area (TPSA) is 54.3 Å². The third kappa shape index (κ3) is 4.47. The van der Waals surface area contributed by atoms with Crippen LogP contribution in [0, 0.1) is 16.8 Å². The molecule has 2 amide bonds. The van der Waals surface area contributed by atoms with Gasteiger partial charge in [-0.2, -0.15) is 0 Å². The Balaban J connectivity index is 1.23. The smallest absolute Gasteiger partial charge is 0.417 e. The largest absolute Gasteiger partial charge is 0.625 e. The van der Waals surface area contributed by atoms with Crippen LogP contribution in [0.3, 0.4) is 0 Å². The number of halogens is 2. The first-order valence-electron chi connectivity index (χ1n) is 11.9. The summed E-state index contributed by atoms with van der Waals surface area (Å²) in [6.45, 7) is 4.40. The molecule has 0 spiro atoms. The minimum Gasteiger partial charge on any atom is -0.625 e. The molecule has 2 aromatic rings. The van der Waals surface area contributed by atoms with Crippen molar-refractivity contribution in [3.05, 3.63) is 64.9 Å². The van der Waals surface area contributed by atoms with Crippen LogP contribution < -0.4 is 9.96 Å². The molecule has 2 aromatic carbocycles. The number of unbranched alkanes of at least 4 members (excludes halogenated alkanes) is 1. The summed E-state index contributed by atoms with van der Waals surface area (Å²) in [7, 11) is 0. The zero-order valence-electron chi connectivity index (χ0n) is 18.7. The second kappa shape index (κ2) is 9.37. The van der Waals surface area contributed by atoms with Gasteiger partial charge in [0.15, 0.2) is 0 Å². The molecule has 1 N–H and O–H groups in total. The van der Waals surface area contributed by atoms with Gasteiger partial charge in [-0.15, -0.1) is 0 Å². The van der Waals surface area contributed by atoms with Gasteiger partial charge in [-0.05, 0) is 73.8 Å². The molecule has 3 aliphatic heterocycles. The Morgan fingerprint density at radius 1 is 1.00 bits per heavy atom. The molecule has 8 heteroatoms. The van der Waals surface area contributed by atoms with E-state index in [1.54, 1.807) is 23.1 Å². The Morgan fingerprint density at radius 2 is 1.76 bits per heavy atom. The number of benzene rings is 2. The minimum atomic E-state index is -0.326. The van der Waals surface area contributed by atoms with E-state index in [0.717, 1.165) is 62.3 Å².